The normalized spacial score (nSPS) is 11.4. The molecule has 21 heavy (non-hydrogen) atoms. The van der Waals surface area contributed by atoms with Crippen LogP contribution < -0.4 is 9.46 Å². The van der Waals surface area contributed by atoms with Crippen molar-refractivity contribution in [2.45, 2.75) is 18.4 Å². The lowest BCUT2D eigenvalue weighted by Gasteiger charge is -2.11. The molecule has 1 heterocycles. The predicted octanol–water partition coefficient (Wildman–Crippen LogP) is 1.67. The summed E-state index contributed by atoms with van der Waals surface area (Å²) in [7, 11) is -2.47. The van der Waals surface area contributed by atoms with Crippen molar-refractivity contribution in [3.05, 3.63) is 34.6 Å². The minimum Gasteiger partial charge on any atom is -0.497 e. The van der Waals surface area contributed by atoms with Crippen LogP contribution >= 0.6 is 11.6 Å². The molecule has 1 aromatic carbocycles. The number of hydrogen-bond donors (Lipinski definition) is 3. The van der Waals surface area contributed by atoms with E-state index in [9.17, 15) is 13.5 Å². The van der Waals surface area contributed by atoms with Crippen LogP contribution in [0.15, 0.2) is 23.1 Å². The Morgan fingerprint density at radius 2 is 2.19 bits per heavy atom. The van der Waals surface area contributed by atoms with E-state index in [-0.39, 0.29) is 21.3 Å². The van der Waals surface area contributed by atoms with Crippen molar-refractivity contribution in [3.8, 4) is 5.75 Å². The van der Waals surface area contributed by atoms with Crippen LogP contribution in [0.4, 0.5) is 5.69 Å². The molecule has 0 aliphatic rings. The number of aliphatic hydroxyl groups excluding tert-OH is 1. The SMILES string of the molecule is COc1ccc(Cl)c(NS(=O)(=O)c2c(CO)n[nH]c2C)c1. The van der Waals surface area contributed by atoms with E-state index in [1.54, 1.807) is 13.0 Å². The van der Waals surface area contributed by atoms with E-state index >= 15 is 0 Å². The van der Waals surface area contributed by atoms with Gasteiger partial charge in [-0.05, 0) is 19.1 Å². The molecule has 114 valence electrons. The molecule has 2 rings (SSSR count). The highest BCUT2D eigenvalue weighted by molar-refractivity contribution is 7.92. The predicted molar refractivity (Wildman–Crippen MR) is 78.1 cm³/mol. The molecule has 0 aliphatic heterocycles. The highest BCUT2D eigenvalue weighted by atomic mass is 35.5. The van der Waals surface area contributed by atoms with E-state index in [2.05, 4.69) is 14.9 Å². The Balaban J connectivity index is 2.44. The molecule has 1 aromatic heterocycles. The van der Waals surface area contributed by atoms with Crippen molar-refractivity contribution >= 4 is 27.3 Å². The number of benzene rings is 1. The van der Waals surface area contributed by atoms with Crippen LogP contribution in [0.1, 0.15) is 11.4 Å². The highest BCUT2D eigenvalue weighted by Gasteiger charge is 2.25. The number of nitrogens with one attached hydrogen (secondary N) is 2. The van der Waals surface area contributed by atoms with Crippen LogP contribution in [0, 0.1) is 6.92 Å². The second-order valence-electron chi connectivity index (χ2n) is 4.23. The molecule has 0 saturated heterocycles. The van der Waals surface area contributed by atoms with Gasteiger partial charge in [0.2, 0.25) is 0 Å². The van der Waals surface area contributed by atoms with Crippen molar-refractivity contribution in [2.24, 2.45) is 0 Å². The third kappa shape index (κ3) is 3.12. The van der Waals surface area contributed by atoms with Crippen molar-refractivity contribution in [1.29, 1.82) is 0 Å². The van der Waals surface area contributed by atoms with Crippen molar-refractivity contribution in [3.63, 3.8) is 0 Å². The zero-order valence-corrected chi connectivity index (χ0v) is 12.9. The van der Waals surface area contributed by atoms with E-state index in [0.717, 1.165) is 0 Å². The number of rotatable bonds is 5. The standard InChI is InChI=1S/C12H14ClN3O4S/c1-7-12(11(6-17)15-14-7)21(18,19)16-10-5-8(20-2)3-4-9(10)13/h3-5,16-17H,6H2,1-2H3,(H,14,15). The summed E-state index contributed by atoms with van der Waals surface area (Å²) in [5, 5.41) is 15.7. The summed E-state index contributed by atoms with van der Waals surface area (Å²) in [4.78, 5) is -0.0936. The first kappa shape index (κ1) is 15.6. The van der Waals surface area contributed by atoms with E-state index in [1.165, 1.54) is 19.2 Å². The van der Waals surface area contributed by atoms with Gasteiger partial charge in [-0.1, -0.05) is 11.6 Å². The van der Waals surface area contributed by atoms with Crippen molar-refractivity contribution in [2.75, 3.05) is 11.8 Å². The van der Waals surface area contributed by atoms with E-state index < -0.39 is 16.6 Å². The molecule has 0 radical (unpaired) electrons. The monoisotopic (exact) mass is 331 g/mol. The zero-order valence-electron chi connectivity index (χ0n) is 11.3. The summed E-state index contributed by atoms with van der Waals surface area (Å²) in [6.45, 7) is 1.06. The third-order valence-corrected chi connectivity index (χ3v) is 4.70. The van der Waals surface area contributed by atoms with Gasteiger partial charge < -0.3 is 9.84 Å². The van der Waals surface area contributed by atoms with Crippen LogP contribution in [-0.2, 0) is 16.6 Å². The van der Waals surface area contributed by atoms with Crippen molar-refractivity contribution in [1.82, 2.24) is 10.2 Å². The number of hydrogen-bond acceptors (Lipinski definition) is 5. The molecule has 0 spiro atoms. The summed E-state index contributed by atoms with van der Waals surface area (Å²) >= 11 is 5.98. The van der Waals surface area contributed by atoms with Crippen LogP contribution in [0.5, 0.6) is 5.75 Å². The second kappa shape index (κ2) is 5.92. The van der Waals surface area contributed by atoms with E-state index in [1.807, 2.05) is 0 Å². The third-order valence-electron chi connectivity index (χ3n) is 2.80. The molecule has 2 aromatic rings. The van der Waals surface area contributed by atoms with Crippen LogP contribution in [0.2, 0.25) is 5.02 Å². The first-order valence-electron chi connectivity index (χ1n) is 5.90. The number of nitrogens with zero attached hydrogens (tertiary/aromatic N) is 1. The fourth-order valence-electron chi connectivity index (χ4n) is 1.84. The average Bonchev–Trinajstić information content (AvgIpc) is 2.83. The first-order valence-corrected chi connectivity index (χ1v) is 7.76. The number of sulfonamides is 1. The Bertz CT molecular complexity index is 758. The van der Waals surface area contributed by atoms with Crippen LogP contribution in [0.25, 0.3) is 0 Å². The summed E-state index contributed by atoms with van der Waals surface area (Å²) in [5.74, 6) is 0.461. The zero-order chi connectivity index (χ0) is 15.6. The first-order chi connectivity index (χ1) is 9.89. The maximum atomic E-state index is 12.4. The average molecular weight is 332 g/mol. The summed E-state index contributed by atoms with van der Waals surface area (Å²) in [5.41, 5.74) is 0.546. The van der Waals surface area contributed by atoms with Gasteiger partial charge in [0.05, 0.1) is 30.1 Å². The Labute approximate surface area is 127 Å². The number of anilines is 1. The molecular weight excluding hydrogens is 318 g/mol. The molecule has 0 amide bonds. The van der Waals surface area contributed by atoms with Crippen LogP contribution in [0.3, 0.4) is 0 Å². The van der Waals surface area contributed by atoms with Gasteiger partial charge in [-0.2, -0.15) is 5.10 Å². The van der Waals surface area contributed by atoms with Gasteiger partial charge in [-0.15, -0.1) is 0 Å². The number of aromatic amines is 1. The summed E-state index contributed by atoms with van der Waals surface area (Å²) < 4.78 is 32.3. The fraction of sp³-hybridized carbons (Fsp3) is 0.250. The molecular formula is C12H14ClN3O4S. The molecule has 0 unspecified atom stereocenters. The summed E-state index contributed by atoms with van der Waals surface area (Å²) in [6, 6.07) is 4.60. The maximum Gasteiger partial charge on any atom is 0.265 e. The number of aliphatic hydroxyl groups is 1. The minimum absolute atomic E-state index is 0.0408. The van der Waals surface area contributed by atoms with Gasteiger partial charge in [0, 0.05) is 6.07 Å². The second-order valence-corrected chi connectivity index (χ2v) is 6.26. The largest absolute Gasteiger partial charge is 0.497 e. The Morgan fingerprint density at radius 3 is 2.81 bits per heavy atom. The minimum atomic E-state index is -3.93. The Hall–Kier alpha value is -1.77. The molecule has 0 atom stereocenters. The van der Waals surface area contributed by atoms with Gasteiger partial charge in [-0.3, -0.25) is 9.82 Å². The van der Waals surface area contributed by atoms with Gasteiger partial charge in [0.1, 0.15) is 16.3 Å². The lowest BCUT2D eigenvalue weighted by atomic mass is 10.3. The molecule has 0 saturated carbocycles. The van der Waals surface area contributed by atoms with Gasteiger partial charge in [0.25, 0.3) is 10.0 Å². The van der Waals surface area contributed by atoms with Gasteiger partial charge >= 0.3 is 0 Å². The topological polar surface area (TPSA) is 104 Å². The number of halogens is 1. The maximum absolute atomic E-state index is 12.4. The summed E-state index contributed by atoms with van der Waals surface area (Å²) in [6.07, 6.45) is 0. The number of methoxy groups -OCH3 is 1. The Kier molecular flexibility index (Phi) is 4.40. The molecule has 7 nitrogen and oxygen atoms in total. The lowest BCUT2D eigenvalue weighted by molar-refractivity contribution is 0.273. The fourth-order valence-corrected chi connectivity index (χ4v) is 3.49. The smallest absolute Gasteiger partial charge is 0.265 e. The van der Waals surface area contributed by atoms with E-state index in [4.69, 9.17) is 16.3 Å². The number of H-pyrrole nitrogens is 1. The van der Waals surface area contributed by atoms with E-state index in [0.29, 0.717) is 11.4 Å². The quantitative estimate of drug-likeness (QED) is 0.773. The van der Waals surface area contributed by atoms with Gasteiger partial charge in [0.15, 0.2) is 0 Å². The molecule has 0 bridgehead atoms. The number of ether oxygens (including phenoxy) is 1. The number of aryl methyl sites for hydroxylation is 1. The lowest BCUT2D eigenvalue weighted by Crippen LogP contribution is -2.15. The van der Waals surface area contributed by atoms with Gasteiger partial charge in [-0.25, -0.2) is 8.42 Å². The highest BCUT2D eigenvalue weighted by Crippen LogP contribution is 2.29. The molecule has 3 N–H and O–H groups in total. The molecule has 0 aliphatic carbocycles. The van der Waals surface area contributed by atoms with Crippen LogP contribution in [-0.4, -0.2) is 30.8 Å². The Morgan fingerprint density at radius 1 is 1.48 bits per heavy atom. The van der Waals surface area contributed by atoms with Crippen molar-refractivity contribution < 1.29 is 18.3 Å². The molecule has 0 fully saturated rings. The number of aromatic nitrogens is 2. The molecule has 9 heteroatoms.